The Balaban J connectivity index is 1.23. The van der Waals surface area contributed by atoms with Gasteiger partial charge in [0.15, 0.2) is 18.1 Å². The second-order valence-electron chi connectivity index (χ2n) is 7.42. The molecule has 7 heteroatoms. The topological polar surface area (TPSA) is 83.1 Å². The maximum atomic E-state index is 12.5. The Labute approximate surface area is 192 Å². The molecule has 4 rings (SSSR count). The molecule has 1 amide bonds. The summed E-state index contributed by atoms with van der Waals surface area (Å²) in [6.45, 7) is 1.44. The third kappa shape index (κ3) is 6.26. The van der Waals surface area contributed by atoms with Crippen molar-refractivity contribution in [1.29, 1.82) is 0 Å². The Morgan fingerprint density at radius 2 is 1.61 bits per heavy atom. The molecule has 0 bridgehead atoms. The minimum atomic E-state index is -0.611. The van der Waals surface area contributed by atoms with Crippen molar-refractivity contribution in [3.05, 3.63) is 89.5 Å². The minimum absolute atomic E-state index is 0.275. The number of carbonyl (C=O) groups excluding carboxylic acids is 2. The molecule has 1 heterocycles. The smallest absolute Gasteiger partial charge is 0.342 e. The van der Waals surface area contributed by atoms with E-state index in [4.69, 9.17) is 18.9 Å². The summed E-state index contributed by atoms with van der Waals surface area (Å²) in [7, 11) is 0. The van der Waals surface area contributed by atoms with E-state index in [1.165, 1.54) is 0 Å². The molecular weight excluding hydrogens is 422 g/mol. The average Bonchev–Trinajstić information content (AvgIpc) is 2.87. The van der Waals surface area contributed by atoms with Gasteiger partial charge >= 0.3 is 5.97 Å². The fourth-order valence-corrected chi connectivity index (χ4v) is 3.35. The van der Waals surface area contributed by atoms with E-state index >= 15 is 0 Å². The summed E-state index contributed by atoms with van der Waals surface area (Å²) in [4.78, 5) is 24.6. The van der Waals surface area contributed by atoms with Crippen LogP contribution in [0.15, 0.2) is 72.8 Å². The molecule has 0 atom stereocenters. The third-order valence-electron chi connectivity index (χ3n) is 5.02. The highest BCUT2D eigenvalue weighted by atomic mass is 16.6. The maximum absolute atomic E-state index is 12.5. The van der Waals surface area contributed by atoms with Gasteiger partial charge < -0.3 is 24.3 Å². The van der Waals surface area contributed by atoms with E-state index in [2.05, 4.69) is 5.32 Å². The number of hydrogen-bond donors (Lipinski definition) is 1. The average molecular weight is 447 g/mol. The van der Waals surface area contributed by atoms with Crippen molar-refractivity contribution < 1.29 is 28.5 Å². The molecular formula is C26H25NO6. The number of esters is 1. The second kappa shape index (κ2) is 11.0. The largest absolute Gasteiger partial charge is 0.488 e. The number of carbonyl (C=O) groups is 2. The van der Waals surface area contributed by atoms with Gasteiger partial charge in [-0.3, -0.25) is 4.79 Å². The molecule has 7 nitrogen and oxygen atoms in total. The number of hydrogen-bond acceptors (Lipinski definition) is 6. The summed E-state index contributed by atoms with van der Waals surface area (Å²) in [6.07, 6.45) is 0.618. The summed E-state index contributed by atoms with van der Waals surface area (Å²) in [6, 6.07) is 22.2. The molecule has 0 aliphatic carbocycles. The van der Waals surface area contributed by atoms with Gasteiger partial charge in [0.05, 0.1) is 0 Å². The van der Waals surface area contributed by atoms with Crippen molar-refractivity contribution in [2.24, 2.45) is 0 Å². The summed E-state index contributed by atoms with van der Waals surface area (Å²) in [5, 5.41) is 2.76. The predicted molar refractivity (Wildman–Crippen MR) is 122 cm³/mol. The monoisotopic (exact) mass is 447 g/mol. The van der Waals surface area contributed by atoms with Gasteiger partial charge in [-0.25, -0.2) is 4.79 Å². The number of amides is 1. The fourth-order valence-electron chi connectivity index (χ4n) is 3.35. The predicted octanol–water partition coefficient (Wildman–Crippen LogP) is 3.55. The first-order chi connectivity index (χ1) is 16.2. The Morgan fingerprint density at radius 1 is 0.848 bits per heavy atom. The number of nitrogens with one attached hydrogen (secondary N) is 1. The molecule has 1 N–H and O–H groups in total. The van der Waals surface area contributed by atoms with Crippen LogP contribution in [0.3, 0.4) is 0 Å². The van der Waals surface area contributed by atoms with Crippen molar-refractivity contribution in [2.75, 3.05) is 26.4 Å². The normalized spacial score (nSPS) is 12.0. The van der Waals surface area contributed by atoms with Crippen molar-refractivity contribution >= 4 is 11.9 Å². The molecule has 0 spiro atoms. The van der Waals surface area contributed by atoms with Gasteiger partial charge in [-0.1, -0.05) is 48.5 Å². The lowest BCUT2D eigenvalue weighted by Gasteiger charge is -2.18. The molecule has 0 saturated carbocycles. The van der Waals surface area contributed by atoms with Gasteiger partial charge in [0, 0.05) is 6.54 Å². The van der Waals surface area contributed by atoms with Crippen LogP contribution in [0, 0.1) is 0 Å². The summed E-state index contributed by atoms with van der Waals surface area (Å²) < 4.78 is 22.1. The van der Waals surface area contributed by atoms with Crippen LogP contribution in [0.5, 0.6) is 17.2 Å². The van der Waals surface area contributed by atoms with Crippen LogP contribution in [0.2, 0.25) is 0 Å². The number of para-hydroxylation sites is 1. The first-order valence-corrected chi connectivity index (χ1v) is 10.8. The van der Waals surface area contributed by atoms with E-state index in [1.807, 2.05) is 48.5 Å². The van der Waals surface area contributed by atoms with E-state index < -0.39 is 5.97 Å². The van der Waals surface area contributed by atoms with Gasteiger partial charge in [0.25, 0.3) is 5.91 Å². The van der Waals surface area contributed by atoms with Gasteiger partial charge in [0.2, 0.25) is 0 Å². The van der Waals surface area contributed by atoms with Crippen LogP contribution in [0.25, 0.3) is 0 Å². The quantitative estimate of drug-likeness (QED) is 0.505. The van der Waals surface area contributed by atoms with Crippen LogP contribution in [0.1, 0.15) is 21.5 Å². The highest BCUT2D eigenvalue weighted by Crippen LogP contribution is 2.30. The maximum Gasteiger partial charge on any atom is 0.342 e. The number of benzene rings is 3. The highest BCUT2D eigenvalue weighted by Gasteiger charge is 2.16. The molecule has 0 aromatic heterocycles. The Hall–Kier alpha value is -4.00. The summed E-state index contributed by atoms with van der Waals surface area (Å²) >= 11 is 0. The molecule has 0 saturated heterocycles. The van der Waals surface area contributed by atoms with Crippen molar-refractivity contribution in [1.82, 2.24) is 5.32 Å². The van der Waals surface area contributed by atoms with Crippen molar-refractivity contribution in [3.63, 3.8) is 0 Å². The van der Waals surface area contributed by atoms with Crippen LogP contribution < -0.4 is 19.5 Å². The lowest BCUT2D eigenvalue weighted by Crippen LogP contribution is -2.30. The SMILES string of the molecule is O=C(COC(=O)c1ccccc1OCc1ccccc1)NCCc1ccc2c(c1)OCCO2. The lowest BCUT2D eigenvalue weighted by molar-refractivity contribution is -0.124. The first kappa shape index (κ1) is 22.2. The summed E-state index contributed by atoms with van der Waals surface area (Å²) in [5.74, 6) is 0.871. The Kier molecular flexibility index (Phi) is 7.43. The fraction of sp³-hybridized carbons (Fsp3) is 0.231. The molecule has 170 valence electrons. The van der Waals surface area contributed by atoms with Crippen LogP contribution >= 0.6 is 0 Å². The second-order valence-corrected chi connectivity index (χ2v) is 7.42. The van der Waals surface area contributed by atoms with E-state index in [0.29, 0.717) is 44.3 Å². The van der Waals surface area contributed by atoms with E-state index in [9.17, 15) is 9.59 Å². The molecule has 0 radical (unpaired) electrons. The number of fused-ring (bicyclic) bond motifs is 1. The molecule has 3 aromatic rings. The van der Waals surface area contributed by atoms with Crippen LogP contribution in [-0.4, -0.2) is 38.2 Å². The molecule has 1 aliphatic heterocycles. The zero-order valence-electron chi connectivity index (χ0n) is 18.1. The van der Waals surface area contributed by atoms with Crippen molar-refractivity contribution in [3.8, 4) is 17.2 Å². The van der Waals surface area contributed by atoms with Gasteiger partial charge in [-0.2, -0.15) is 0 Å². The van der Waals surface area contributed by atoms with Crippen LogP contribution in [-0.2, 0) is 22.6 Å². The standard InChI is InChI=1S/C26H25NO6/c28-25(27-13-12-19-10-11-23-24(16-19)31-15-14-30-23)18-33-26(29)21-8-4-5-9-22(21)32-17-20-6-2-1-3-7-20/h1-11,16H,12-15,17-18H2,(H,27,28). The zero-order valence-corrected chi connectivity index (χ0v) is 18.1. The molecule has 3 aromatic carbocycles. The van der Waals surface area contributed by atoms with Gasteiger partial charge in [-0.15, -0.1) is 0 Å². The molecule has 33 heavy (non-hydrogen) atoms. The molecule has 1 aliphatic rings. The highest BCUT2D eigenvalue weighted by molar-refractivity contribution is 5.94. The van der Waals surface area contributed by atoms with E-state index in [-0.39, 0.29) is 18.1 Å². The van der Waals surface area contributed by atoms with Crippen LogP contribution in [0.4, 0.5) is 0 Å². The minimum Gasteiger partial charge on any atom is -0.488 e. The number of ether oxygens (including phenoxy) is 4. The first-order valence-electron chi connectivity index (χ1n) is 10.8. The molecule has 0 unspecified atom stereocenters. The van der Waals surface area contributed by atoms with E-state index in [1.54, 1.807) is 24.3 Å². The lowest BCUT2D eigenvalue weighted by atomic mass is 10.1. The Bertz CT molecular complexity index is 1100. The molecule has 0 fully saturated rings. The zero-order chi connectivity index (χ0) is 22.9. The number of rotatable bonds is 9. The van der Waals surface area contributed by atoms with Gasteiger partial charge in [-0.05, 0) is 41.8 Å². The van der Waals surface area contributed by atoms with Gasteiger partial charge in [0.1, 0.15) is 31.1 Å². The third-order valence-corrected chi connectivity index (χ3v) is 5.02. The van der Waals surface area contributed by atoms with E-state index in [0.717, 1.165) is 16.9 Å². The Morgan fingerprint density at radius 3 is 2.45 bits per heavy atom. The summed E-state index contributed by atoms with van der Waals surface area (Å²) in [5.41, 5.74) is 2.27. The van der Waals surface area contributed by atoms with Crippen molar-refractivity contribution in [2.45, 2.75) is 13.0 Å².